The van der Waals surface area contributed by atoms with E-state index in [9.17, 15) is 19.5 Å². The summed E-state index contributed by atoms with van der Waals surface area (Å²) in [6, 6.07) is 31.1. The van der Waals surface area contributed by atoms with Crippen molar-refractivity contribution in [2.45, 2.75) is 29.6 Å². The Hall–Kier alpha value is -5.25. The Morgan fingerprint density at radius 2 is 1.53 bits per heavy atom. The molecule has 1 spiro atoms. The molecule has 3 aliphatic rings. The number of carbonyl (C=O) groups is 3. The van der Waals surface area contributed by atoms with Crippen molar-refractivity contribution in [2.24, 2.45) is 5.92 Å². The Labute approximate surface area is 272 Å². The second-order valence-electron chi connectivity index (χ2n) is 11.8. The summed E-state index contributed by atoms with van der Waals surface area (Å²) in [5.41, 5.74) is 1.92. The highest BCUT2D eigenvalue weighted by Gasteiger charge is 2.74. The van der Waals surface area contributed by atoms with Crippen LogP contribution in [0.2, 0.25) is 0 Å². The summed E-state index contributed by atoms with van der Waals surface area (Å²) >= 11 is 0. The van der Waals surface area contributed by atoms with Crippen LogP contribution in [-0.4, -0.2) is 53.7 Å². The average Bonchev–Trinajstić information content (AvgIpc) is 3.59. The molecule has 6 atom stereocenters. The van der Waals surface area contributed by atoms with Crippen molar-refractivity contribution >= 4 is 23.5 Å². The number of hydrogen-bond acceptors (Lipinski definition) is 8. The zero-order chi connectivity index (χ0) is 32.5. The van der Waals surface area contributed by atoms with E-state index < -0.39 is 53.4 Å². The molecular weight excluding hydrogens is 596 g/mol. The molecule has 0 bridgehead atoms. The fourth-order valence-corrected chi connectivity index (χ4v) is 7.66. The monoisotopic (exact) mass is 630 g/mol. The van der Waals surface area contributed by atoms with Crippen LogP contribution in [0.25, 0.3) is 0 Å². The number of aliphatic hydroxyl groups is 1. The predicted octanol–water partition coefficient (Wildman–Crippen LogP) is 5.06. The second kappa shape index (κ2) is 12.5. The molecule has 4 aromatic rings. The van der Waals surface area contributed by atoms with Crippen LogP contribution in [0.1, 0.15) is 40.4 Å². The van der Waals surface area contributed by atoms with Gasteiger partial charge >= 0.3 is 11.9 Å². The Balaban J connectivity index is 1.52. The molecular formula is C38H34N2O7. The van der Waals surface area contributed by atoms with Gasteiger partial charge in [0.25, 0.3) is 0 Å². The smallest absolute Gasteiger partial charge is 0.325 e. The van der Waals surface area contributed by atoms with Crippen LogP contribution >= 0.6 is 0 Å². The van der Waals surface area contributed by atoms with E-state index >= 15 is 0 Å². The number of rotatable bonds is 9. The third kappa shape index (κ3) is 4.90. The second-order valence-corrected chi connectivity index (χ2v) is 11.8. The van der Waals surface area contributed by atoms with E-state index in [0.29, 0.717) is 22.6 Å². The molecule has 2 N–H and O–H groups in total. The third-order valence-corrected chi connectivity index (χ3v) is 9.37. The predicted molar refractivity (Wildman–Crippen MR) is 173 cm³/mol. The first-order valence-electron chi connectivity index (χ1n) is 15.6. The van der Waals surface area contributed by atoms with Crippen LogP contribution in [0.3, 0.4) is 0 Å². The number of amides is 1. The number of benzene rings is 4. The number of ether oxygens (including phenoxy) is 3. The number of esters is 2. The summed E-state index contributed by atoms with van der Waals surface area (Å²) < 4.78 is 17.7. The minimum absolute atomic E-state index is 0.0905. The van der Waals surface area contributed by atoms with E-state index in [0.717, 1.165) is 11.1 Å². The molecule has 9 nitrogen and oxygen atoms in total. The number of aliphatic hydroxyl groups excluding tert-OH is 1. The molecule has 0 aromatic heterocycles. The van der Waals surface area contributed by atoms with E-state index in [1.165, 1.54) is 6.08 Å². The highest BCUT2D eigenvalue weighted by atomic mass is 16.6. The molecule has 6 unspecified atom stereocenters. The van der Waals surface area contributed by atoms with E-state index in [1.54, 1.807) is 18.2 Å². The molecule has 0 radical (unpaired) electrons. The summed E-state index contributed by atoms with van der Waals surface area (Å²) in [5.74, 6) is -2.45. The molecule has 2 saturated heterocycles. The summed E-state index contributed by atoms with van der Waals surface area (Å²) in [6.07, 6.45) is 0.705. The van der Waals surface area contributed by atoms with Gasteiger partial charge in [-0.1, -0.05) is 104 Å². The minimum Gasteiger partial charge on any atom is -0.491 e. The molecule has 4 aromatic carbocycles. The first kappa shape index (κ1) is 30.4. The van der Waals surface area contributed by atoms with Gasteiger partial charge in [-0.25, -0.2) is 0 Å². The molecule has 2 fully saturated rings. The van der Waals surface area contributed by atoms with Gasteiger partial charge in [0.1, 0.15) is 42.4 Å². The van der Waals surface area contributed by atoms with Crippen molar-refractivity contribution in [1.82, 2.24) is 4.90 Å². The molecule has 0 aliphatic carbocycles. The Bertz CT molecular complexity index is 1800. The van der Waals surface area contributed by atoms with Crippen molar-refractivity contribution in [3.8, 4) is 5.75 Å². The van der Waals surface area contributed by atoms with Crippen LogP contribution < -0.4 is 10.1 Å². The molecule has 0 saturated carbocycles. The molecule has 7 rings (SSSR count). The number of morpholine rings is 1. The average molecular weight is 631 g/mol. The van der Waals surface area contributed by atoms with Crippen molar-refractivity contribution in [3.05, 3.63) is 144 Å². The normalized spacial score (nSPS) is 26.2. The number of carbonyl (C=O) groups excluding carboxylic acids is 3. The summed E-state index contributed by atoms with van der Waals surface area (Å²) in [4.78, 5) is 45.5. The SMILES string of the molecule is C=CCOC(=O)C1C2C(=O)OC(c3ccccc3)C(c3ccccc3)N2C(c2ccc(OCCO)cc2)C12C(=O)Nc1ccccc12. The summed E-state index contributed by atoms with van der Waals surface area (Å²) in [5, 5.41) is 12.3. The zero-order valence-corrected chi connectivity index (χ0v) is 25.5. The van der Waals surface area contributed by atoms with Gasteiger partial charge in [0.2, 0.25) is 5.91 Å². The maximum Gasteiger partial charge on any atom is 0.325 e. The van der Waals surface area contributed by atoms with Crippen molar-refractivity contribution in [2.75, 3.05) is 25.1 Å². The minimum atomic E-state index is -1.58. The number of para-hydroxylation sites is 1. The van der Waals surface area contributed by atoms with Gasteiger partial charge in [-0.3, -0.25) is 19.3 Å². The summed E-state index contributed by atoms with van der Waals surface area (Å²) in [6.45, 7) is 3.58. The third-order valence-electron chi connectivity index (χ3n) is 9.37. The lowest BCUT2D eigenvalue weighted by Crippen LogP contribution is -2.52. The van der Waals surface area contributed by atoms with Gasteiger partial charge in [0, 0.05) is 5.69 Å². The first-order valence-corrected chi connectivity index (χ1v) is 15.6. The van der Waals surface area contributed by atoms with Crippen LogP contribution in [0, 0.1) is 5.92 Å². The lowest BCUT2D eigenvalue weighted by molar-refractivity contribution is -0.180. The van der Waals surface area contributed by atoms with E-state index in [2.05, 4.69) is 11.9 Å². The number of anilines is 1. The molecule has 1 amide bonds. The Kier molecular flexibility index (Phi) is 8.09. The highest BCUT2D eigenvalue weighted by Crippen LogP contribution is 2.64. The van der Waals surface area contributed by atoms with Gasteiger partial charge in [0.05, 0.1) is 18.7 Å². The standard InChI is InChI=1S/C38H34N2O7/c1-2-22-46-35(42)30-32-36(43)47-33(25-13-7-4-8-14-25)31(24-11-5-3-6-12-24)40(32)34(26-17-19-27(20-18-26)45-23-21-41)38(30)28-15-9-10-16-29(28)39-37(38)44/h2-20,30-34,41H,1,21-23H2,(H,39,44). The Morgan fingerprint density at radius 1 is 0.872 bits per heavy atom. The van der Waals surface area contributed by atoms with Gasteiger partial charge < -0.3 is 24.6 Å². The van der Waals surface area contributed by atoms with Crippen molar-refractivity contribution in [1.29, 1.82) is 0 Å². The number of hydrogen-bond donors (Lipinski definition) is 2. The number of cyclic esters (lactones) is 1. The van der Waals surface area contributed by atoms with E-state index in [4.69, 9.17) is 14.2 Å². The number of fused-ring (bicyclic) bond motifs is 3. The fraction of sp³-hybridized carbons (Fsp3) is 0.237. The molecule has 9 heteroatoms. The largest absolute Gasteiger partial charge is 0.491 e. The maximum absolute atomic E-state index is 14.7. The zero-order valence-electron chi connectivity index (χ0n) is 25.5. The van der Waals surface area contributed by atoms with Crippen LogP contribution in [0.15, 0.2) is 122 Å². The van der Waals surface area contributed by atoms with Gasteiger partial charge in [-0.05, 0) is 40.5 Å². The lowest BCUT2D eigenvalue weighted by atomic mass is 9.65. The van der Waals surface area contributed by atoms with E-state index in [1.807, 2.05) is 95.9 Å². The van der Waals surface area contributed by atoms with Crippen LogP contribution in [0.4, 0.5) is 5.69 Å². The van der Waals surface area contributed by atoms with Crippen LogP contribution in [0.5, 0.6) is 5.75 Å². The topological polar surface area (TPSA) is 114 Å². The first-order chi connectivity index (χ1) is 23.0. The molecule has 3 aliphatic heterocycles. The van der Waals surface area contributed by atoms with Gasteiger partial charge in [-0.2, -0.15) is 0 Å². The quantitative estimate of drug-likeness (QED) is 0.195. The van der Waals surface area contributed by atoms with E-state index in [-0.39, 0.29) is 19.8 Å². The summed E-state index contributed by atoms with van der Waals surface area (Å²) in [7, 11) is 0. The van der Waals surface area contributed by atoms with Crippen molar-refractivity contribution in [3.63, 3.8) is 0 Å². The number of nitrogens with one attached hydrogen (secondary N) is 1. The van der Waals surface area contributed by atoms with Crippen LogP contribution in [-0.2, 0) is 29.3 Å². The highest BCUT2D eigenvalue weighted by molar-refractivity contribution is 6.11. The molecule has 238 valence electrons. The molecule has 47 heavy (non-hydrogen) atoms. The van der Waals surface area contributed by atoms with Gasteiger partial charge in [-0.15, -0.1) is 0 Å². The number of nitrogens with zero attached hydrogens (tertiary/aromatic N) is 1. The lowest BCUT2D eigenvalue weighted by Gasteiger charge is -2.46. The molecule has 3 heterocycles. The van der Waals surface area contributed by atoms with Gasteiger partial charge in [0.15, 0.2) is 0 Å². The van der Waals surface area contributed by atoms with Crippen molar-refractivity contribution < 1.29 is 33.7 Å². The maximum atomic E-state index is 14.7. The Morgan fingerprint density at radius 3 is 2.21 bits per heavy atom. The fourth-order valence-electron chi connectivity index (χ4n) is 7.66.